The molecule has 2 aliphatic carbocycles. The number of sulfonamides is 1. The molecule has 33 heavy (non-hydrogen) atoms. The smallest absolute Gasteiger partial charge is 0.383 e. The van der Waals surface area contributed by atoms with Gasteiger partial charge in [-0.3, -0.25) is 4.79 Å². The van der Waals surface area contributed by atoms with Gasteiger partial charge in [-0.1, -0.05) is 25.3 Å². The molecule has 0 unspecified atom stereocenters. The Hall–Kier alpha value is -1.65. The molecular formula is C23H31F3N2O4S. The van der Waals surface area contributed by atoms with Gasteiger partial charge in [0.1, 0.15) is 6.10 Å². The summed E-state index contributed by atoms with van der Waals surface area (Å²) >= 11 is 0. The molecule has 0 bridgehead atoms. The lowest BCUT2D eigenvalue weighted by Gasteiger charge is -2.39. The number of rotatable bonds is 6. The number of carbonyl (C=O) groups is 1. The Morgan fingerprint density at radius 1 is 1.00 bits per heavy atom. The number of hydrogen-bond acceptors (Lipinski definition) is 4. The van der Waals surface area contributed by atoms with Crippen LogP contribution in [0.4, 0.5) is 13.2 Å². The Labute approximate surface area is 192 Å². The molecule has 3 aliphatic rings. The van der Waals surface area contributed by atoms with Gasteiger partial charge in [0, 0.05) is 25.2 Å². The third-order valence-corrected chi connectivity index (χ3v) is 9.13. The molecule has 10 heteroatoms. The molecule has 1 aliphatic heterocycles. The second-order valence-corrected chi connectivity index (χ2v) is 11.3. The second-order valence-electron chi connectivity index (χ2n) is 9.49. The Balaban J connectivity index is 1.45. The summed E-state index contributed by atoms with van der Waals surface area (Å²) in [5.74, 6) is -0.313. The number of aliphatic hydroxyl groups is 1. The summed E-state index contributed by atoms with van der Waals surface area (Å²) in [6.07, 6.45) is 1.35. The van der Waals surface area contributed by atoms with Crippen molar-refractivity contribution in [2.75, 3.05) is 13.1 Å². The molecule has 1 heterocycles. The number of nitrogens with zero attached hydrogens (tertiary/aromatic N) is 2. The van der Waals surface area contributed by atoms with Crippen LogP contribution in [0.15, 0.2) is 29.2 Å². The van der Waals surface area contributed by atoms with E-state index in [9.17, 15) is 31.5 Å². The van der Waals surface area contributed by atoms with Gasteiger partial charge in [-0.25, -0.2) is 8.42 Å². The highest BCUT2D eigenvalue weighted by Gasteiger charge is 2.45. The van der Waals surface area contributed by atoms with Crippen molar-refractivity contribution in [3.05, 3.63) is 29.8 Å². The van der Waals surface area contributed by atoms with Crippen LogP contribution in [0.2, 0.25) is 0 Å². The average Bonchev–Trinajstić information content (AvgIpc) is 3.63. The Bertz CT molecular complexity index is 951. The van der Waals surface area contributed by atoms with E-state index in [1.165, 1.54) is 10.4 Å². The Morgan fingerprint density at radius 3 is 2.18 bits per heavy atom. The number of piperidine rings is 1. The van der Waals surface area contributed by atoms with E-state index in [0.29, 0.717) is 44.8 Å². The maximum absolute atomic E-state index is 13.4. The molecule has 4 rings (SSSR count). The van der Waals surface area contributed by atoms with Crippen molar-refractivity contribution in [1.82, 2.24) is 9.21 Å². The van der Waals surface area contributed by atoms with Crippen molar-refractivity contribution in [1.29, 1.82) is 0 Å². The Kier molecular flexibility index (Phi) is 7.08. The highest BCUT2D eigenvalue weighted by atomic mass is 32.2. The molecule has 1 amide bonds. The first kappa shape index (κ1) is 24.5. The number of hydrogen-bond donors (Lipinski definition) is 1. The predicted molar refractivity (Wildman–Crippen MR) is 116 cm³/mol. The van der Waals surface area contributed by atoms with Gasteiger partial charge in [0.25, 0.3) is 5.91 Å². The molecule has 0 aromatic heterocycles. The molecule has 1 aromatic carbocycles. The van der Waals surface area contributed by atoms with Gasteiger partial charge in [-0.15, -0.1) is 0 Å². The minimum Gasteiger partial charge on any atom is -0.383 e. The van der Waals surface area contributed by atoms with Crippen LogP contribution in [0, 0.1) is 5.92 Å². The molecule has 3 fully saturated rings. The van der Waals surface area contributed by atoms with Crippen molar-refractivity contribution in [2.24, 2.45) is 5.92 Å². The maximum Gasteiger partial charge on any atom is 0.416 e. The fraction of sp³-hybridized carbons (Fsp3) is 0.696. The van der Waals surface area contributed by atoms with E-state index in [1.54, 1.807) is 4.90 Å². The quantitative estimate of drug-likeness (QED) is 0.661. The molecule has 1 saturated heterocycles. The van der Waals surface area contributed by atoms with E-state index >= 15 is 0 Å². The van der Waals surface area contributed by atoms with Crippen molar-refractivity contribution >= 4 is 15.9 Å². The summed E-state index contributed by atoms with van der Waals surface area (Å²) in [7, 11) is -4.11. The van der Waals surface area contributed by atoms with Crippen LogP contribution in [-0.2, 0) is 21.0 Å². The number of likely N-dealkylation sites (tertiary alicyclic amines) is 1. The lowest BCUT2D eigenvalue weighted by atomic mass is 9.84. The topological polar surface area (TPSA) is 77.9 Å². The van der Waals surface area contributed by atoms with E-state index in [2.05, 4.69) is 0 Å². The van der Waals surface area contributed by atoms with Gasteiger partial charge in [0.05, 0.1) is 10.5 Å². The van der Waals surface area contributed by atoms with Crippen molar-refractivity contribution in [3.63, 3.8) is 0 Å². The van der Waals surface area contributed by atoms with E-state index in [0.717, 1.165) is 44.2 Å². The summed E-state index contributed by atoms with van der Waals surface area (Å²) < 4.78 is 67.5. The zero-order chi connectivity index (χ0) is 23.8. The van der Waals surface area contributed by atoms with Crippen molar-refractivity contribution in [3.8, 4) is 0 Å². The molecular weight excluding hydrogens is 457 g/mol. The first-order valence-corrected chi connectivity index (χ1v) is 13.2. The fourth-order valence-electron chi connectivity index (χ4n) is 5.15. The first-order valence-electron chi connectivity index (χ1n) is 11.8. The molecule has 1 atom stereocenters. The standard InChI is InChI=1S/C23H31F3N2O4S/c24-23(25,26)17-7-4-8-20(15-17)33(31,32)28(18-9-10-18)19-11-13-27(14-12-19)22(30)21(29)16-5-2-1-3-6-16/h4,7-8,15-16,18-19,21,29H,1-3,5-6,9-14H2/t21-/m0/s1. The number of carbonyl (C=O) groups excluding carboxylic acids is 1. The van der Waals surface area contributed by atoms with E-state index in [4.69, 9.17) is 0 Å². The van der Waals surface area contributed by atoms with Gasteiger partial charge < -0.3 is 10.0 Å². The van der Waals surface area contributed by atoms with Crippen molar-refractivity contribution < 1.29 is 31.5 Å². The Morgan fingerprint density at radius 2 is 1.61 bits per heavy atom. The SMILES string of the molecule is O=C([C@@H](O)C1CCCCC1)N1CCC(N(C2CC2)S(=O)(=O)c2cccc(C(F)(F)F)c2)CC1. The number of benzene rings is 1. The third-order valence-electron chi connectivity index (χ3n) is 7.13. The molecule has 1 aromatic rings. The lowest BCUT2D eigenvalue weighted by Crippen LogP contribution is -2.52. The predicted octanol–water partition coefficient (Wildman–Crippen LogP) is 3.79. The average molecular weight is 489 g/mol. The summed E-state index contributed by atoms with van der Waals surface area (Å²) in [4.78, 5) is 14.1. The number of halogens is 3. The van der Waals surface area contributed by atoms with Crippen LogP contribution in [0.3, 0.4) is 0 Å². The number of alkyl halides is 3. The lowest BCUT2D eigenvalue weighted by molar-refractivity contribution is -0.145. The summed E-state index contributed by atoms with van der Waals surface area (Å²) in [5.41, 5.74) is -0.989. The summed E-state index contributed by atoms with van der Waals surface area (Å²) in [6.45, 7) is 0.656. The summed E-state index contributed by atoms with van der Waals surface area (Å²) in [6, 6.07) is 3.29. The highest BCUT2D eigenvalue weighted by Crippen LogP contribution is 2.38. The molecule has 0 radical (unpaired) electrons. The van der Waals surface area contributed by atoms with Crippen LogP contribution >= 0.6 is 0 Å². The summed E-state index contributed by atoms with van der Waals surface area (Å²) in [5, 5.41) is 10.5. The largest absolute Gasteiger partial charge is 0.416 e. The second kappa shape index (κ2) is 9.54. The third kappa shape index (κ3) is 5.38. The maximum atomic E-state index is 13.4. The molecule has 6 nitrogen and oxygen atoms in total. The van der Waals surface area contributed by atoms with Crippen molar-refractivity contribution in [2.45, 2.75) is 87.0 Å². The molecule has 1 N–H and O–H groups in total. The number of amides is 1. The van der Waals surface area contributed by atoms with Gasteiger partial charge >= 0.3 is 6.18 Å². The number of aliphatic hydroxyl groups excluding tert-OH is 1. The van der Waals surface area contributed by atoms with Gasteiger partial charge in [-0.05, 0) is 62.6 Å². The first-order chi connectivity index (χ1) is 15.6. The van der Waals surface area contributed by atoms with Crippen LogP contribution < -0.4 is 0 Å². The van der Waals surface area contributed by atoms with E-state index < -0.39 is 27.9 Å². The minimum absolute atomic E-state index is 0.0202. The van der Waals surface area contributed by atoms with Crippen LogP contribution in [0.1, 0.15) is 63.4 Å². The van der Waals surface area contributed by atoms with Crippen LogP contribution in [0.5, 0.6) is 0 Å². The van der Waals surface area contributed by atoms with Crippen LogP contribution in [0.25, 0.3) is 0 Å². The monoisotopic (exact) mass is 488 g/mol. The van der Waals surface area contributed by atoms with E-state index in [-0.39, 0.29) is 28.8 Å². The molecule has 0 spiro atoms. The normalized spacial score (nSPS) is 22.5. The zero-order valence-corrected chi connectivity index (χ0v) is 19.3. The van der Waals surface area contributed by atoms with Gasteiger partial charge in [-0.2, -0.15) is 17.5 Å². The fourth-order valence-corrected chi connectivity index (χ4v) is 7.13. The minimum atomic E-state index is -4.62. The van der Waals surface area contributed by atoms with Gasteiger partial charge in [0.15, 0.2) is 0 Å². The highest BCUT2D eigenvalue weighted by molar-refractivity contribution is 7.89. The molecule has 2 saturated carbocycles. The zero-order valence-electron chi connectivity index (χ0n) is 18.5. The van der Waals surface area contributed by atoms with Gasteiger partial charge in [0.2, 0.25) is 10.0 Å². The van der Waals surface area contributed by atoms with Crippen LogP contribution in [-0.4, -0.2) is 59.9 Å². The molecule has 184 valence electrons. The van der Waals surface area contributed by atoms with E-state index in [1.807, 2.05) is 0 Å².